The maximum Gasteiger partial charge on any atom is 0.229 e. The standard InChI is InChI=1S/C11H18N4OS/c1-2-9-14-15-11(17-9)13-10(16)7-4-3-5-8(12)6-7/h7-8H,2-6,12H2,1H3,(H,13,15,16). The van der Waals surface area contributed by atoms with E-state index in [-0.39, 0.29) is 17.9 Å². The second-order valence-electron chi connectivity index (χ2n) is 4.47. The Morgan fingerprint density at radius 1 is 1.53 bits per heavy atom. The van der Waals surface area contributed by atoms with Gasteiger partial charge in [0.25, 0.3) is 0 Å². The van der Waals surface area contributed by atoms with Crippen molar-refractivity contribution in [1.29, 1.82) is 0 Å². The minimum atomic E-state index is 0.0349. The molecule has 0 saturated heterocycles. The molecule has 2 unspecified atom stereocenters. The number of anilines is 1. The lowest BCUT2D eigenvalue weighted by Crippen LogP contribution is -2.34. The van der Waals surface area contributed by atoms with Crippen molar-refractivity contribution in [2.24, 2.45) is 11.7 Å². The highest BCUT2D eigenvalue weighted by Crippen LogP contribution is 2.25. The Bertz CT molecular complexity index is 393. The number of amides is 1. The Kier molecular flexibility index (Phi) is 4.06. The van der Waals surface area contributed by atoms with Gasteiger partial charge in [0.05, 0.1) is 0 Å². The van der Waals surface area contributed by atoms with Crippen molar-refractivity contribution in [2.45, 2.75) is 45.1 Å². The highest BCUT2D eigenvalue weighted by Gasteiger charge is 2.25. The maximum atomic E-state index is 12.0. The van der Waals surface area contributed by atoms with Crippen LogP contribution >= 0.6 is 11.3 Å². The lowest BCUT2D eigenvalue weighted by Gasteiger charge is -2.25. The summed E-state index contributed by atoms with van der Waals surface area (Å²) in [4.78, 5) is 12.0. The predicted octanol–water partition coefficient (Wildman–Crippen LogP) is 1.56. The third-order valence-electron chi connectivity index (χ3n) is 3.08. The summed E-state index contributed by atoms with van der Waals surface area (Å²) >= 11 is 1.44. The van der Waals surface area contributed by atoms with Crippen LogP contribution in [0, 0.1) is 5.92 Å². The fourth-order valence-electron chi connectivity index (χ4n) is 2.12. The Hall–Kier alpha value is -1.01. The van der Waals surface area contributed by atoms with Gasteiger partial charge in [0.1, 0.15) is 5.01 Å². The van der Waals surface area contributed by atoms with Crippen LogP contribution in [-0.2, 0) is 11.2 Å². The van der Waals surface area contributed by atoms with E-state index in [0.29, 0.717) is 5.13 Å². The molecule has 2 atom stereocenters. The Morgan fingerprint density at radius 2 is 2.35 bits per heavy atom. The smallest absolute Gasteiger partial charge is 0.229 e. The molecule has 94 valence electrons. The molecule has 0 spiro atoms. The van der Waals surface area contributed by atoms with Crippen molar-refractivity contribution in [3.63, 3.8) is 0 Å². The van der Waals surface area contributed by atoms with Crippen molar-refractivity contribution in [3.05, 3.63) is 5.01 Å². The van der Waals surface area contributed by atoms with Gasteiger partial charge in [0, 0.05) is 12.0 Å². The summed E-state index contributed by atoms with van der Waals surface area (Å²) in [7, 11) is 0. The second-order valence-corrected chi connectivity index (χ2v) is 5.53. The second kappa shape index (κ2) is 5.55. The lowest BCUT2D eigenvalue weighted by atomic mass is 9.86. The molecule has 5 nitrogen and oxygen atoms in total. The fraction of sp³-hybridized carbons (Fsp3) is 0.727. The molecule has 17 heavy (non-hydrogen) atoms. The molecule has 0 aromatic carbocycles. The Balaban J connectivity index is 1.91. The summed E-state index contributed by atoms with van der Waals surface area (Å²) in [5.74, 6) is 0.0756. The molecule has 1 aromatic heterocycles. The van der Waals surface area contributed by atoms with Crippen LogP contribution in [0.1, 0.15) is 37.6 Å². The molecule has 0 aliphatic heterocycles. The van der Waals surface area contributed by atoms with Crippen LogP contribution in [0.2, 0.25) is 0 Å². The van der Waals surface area contributed by atoms with Crippen molar-refractivity contribution >= 4 is 22.4 Å². The van der Waals surface area contributed by atoms with Crippen LogP contribution in [0.4, 0.5) is 5.13 Å². The van der Waals surface area contributed by atoms with E-state index in [9.17, 15) is 4.79 Å². The normalized spacial score (nSPS) is 24.6. The number of nitrogens with one attached hydrogen (secondary N) is 1. The minimum Gasteiger partial charge on any atom is -0.328 e. The first kappa shape index (κ1) is 12.4. The van der Waals surface area contributed by atoms with E-state index in [1.165, 1.54) is 11.3 Å². The van der Waals surface area contributed by atoms with Gasteiger partial charge in [-0.2, -0.15) is 0 Å². The van der Waals surface area contributed by atoms with Crippen LogP contribution in [0.15, 0.2) is 0 Å². The summed E-state index contributed by atoms with van der Waals surface area (Å²) in [6.07, 6.45) is 4.63. The number of carbonyl (C=O) groups excluding carboxylic acids is 1. The van der Waals surface area contributed by atoms with E-state index in [1.54, 1.807) is 0 Å². The number of hydrogen-bond donors (Lipinski definition) is 2. The molecule has 0 bridgehead atoms. The summed E-state index contributed by atoms with van der Waals surface area (Å²) in [6, 6.07) is 0.167. The molecule has 6 heteroatoms. The third kappa shape index (κ3) is 3.23. The molecular weight excluding hydrogens is 236 g/mol. The summed E-state index contributed by atoms with van der Waals surface area (Å²) in [5.41, 5.74) is 5.88. The monoisotopic (exact) mass is 254 g/mol. The highest BCUT2D eigenvalue weighted by atomic mass is 32.1. The van der Waals surface area contributed by atoms with Gasteiger partial charge in [-0.25, -0.2) is 0 Å². The third-order valence-corrected chi connectivity index (χ3v) is 4.07. The molecule has 3 N–H and O–H groups in total. The van der Waals surface area contributed by atoms with Gasteiger partial charge < -0.3 is 11.1 Å². The quantitative estimate of drug-likeness (QED) is 0.857. The Morgan fingerprint density at radius 3 is 3.00 bits per heavy atom. The van der Waals surface area contributed by atoms with Crippen LogP contribution in [0.5, 0.6) is 0 Å². The summed E-state index contributed by atoms with van der Waals surface area (Å²) in [5, 5.41) is 12.3. The molecule has 1 amide bonds. The fourth-order valence-corrected chi connectivity index (χ4v) is 2.80. The number of rotatable bonds is 3. The predicted molar refractivity (Wildman–Crippen MR) is 67.9 cm³/mol. The van der Waals surface area contributed by atoms with E-state index < -0.39 is 0 Å². The highest BCUT2D eigenvalue weighted by molar-refractivity contribution is 7.15. The van der Waals surface area contributed by atoms with Gasteiger partial charge in [-0.1, -0.05) is 24.7 Å². The average molecular weight is 254 g/mol. The molecule has 1 aliphatic rings. The first-order chi connectivity index (χ1) is 8.19. The molecule has 1 aromatic rings. The Labute approximate surface area is 105 Å². The molecule has 1 fully saturated rings. The zero-order valence-corrected chi connectivity index (χ0v) is 10.8. The number of carbonyl (C=O) groups is 1. The SMILES string of the molecule is CCc1nnc(NC(=O)C2CCCC(N)C2)s1. The first-order valence-corrected chi connectivity index (χ1v) is 6.89. The molecule has 1 aliphatic carbocycles. The van der Waals surface area contributed by atoms with E-state index in [1.807, 2.05) is 6.92 Å². The minimum absolute atomic E-state index is 0.0349. The van der Waals surface area contributed by atoms with E-state index >= 15 is 0 Å². The number of aromatic nitrogens is 2. The van der Waals surface area contributed by atoms with Gasteiger partial charge in [-0.15, -0.1) is 10.2 Å². The van der Waals surface area contributed by atoms with E-state index in [0.717, 1.165) is 37.1 Å². The van der Waals surface area contributed by atoms with Crippen LogP contribution in [0.25, 0.3) is 0 Å². The number of nitrogens with zero attached hydrogens (tertiary/aromatic N) is 2. The topological polar surface area (TPSA) is 80.9 Å². The number of hydrogen-bond acceptors (Lipinski definition) is 5. The van der Waals surface area contributed by atoms with Crippen molar-refractivity contribution in [1.82, 2.24) is 10.2 Å². The van der Waals surface area contributed by atoms with Crippen LogP contribution < -0.4 is 11.1 Å². The van der Waals surface area contributed by atoms with Crippen molar-refractivity contribution in [3.8, 4) is 0 Å². The molecular formula is C11H18N4OS. The average Bonchev–Trinajstić information content (AvgIpc) is 2.77. The number of nitrogens with two attached hydrogens (primary N) is 1. The van der Waals surface area contributed by atoms with Gasteiger partial charge in [0.2, 0.25) is 11.0 Å². The van der Waals surface area contributed by atoms with Crippen LogP contribution in [-0.4, -0.2) is 22.1 Å². The summed E-state index contributed by atoms with van der Waals surface area (Å²) < 4.78 is 0. The maximum absolute atomic E-state index is 12.0. The van der Waals surface area contributed by atoms with Crippen molar-refractivity contribution < 1.29 is 4.79 Å². The van der Waals surface area contributed by atoms with Gasteiger partial charge in [-0.05, 0) is 25.7 Å². The van der Waals surface area contributed by atoms with E-state index in [4.69, 9.17) is 5.73 Å². The lowest BCUT2D eigenvalue weighted by molar-refractivity contribution is -0.120. The summed E-state index contributed by atoms with van der Waals surface area (Å²) in [6.45, 7) is 2.02. The van der Waals surface area contributed by atoms with Gasteiger partial charge in [-0.3, -0.25) is 4.79 Å². The van der Waals surface area contributed by atoms with Crippen molar-refractivity contribution in [2.75, 3.05) is 5.32 Å². The van der Waals surface area contributed by atoms with E-state index in [2.05, 4.69) is 15.5 Å². The zero-order chi connectivity index (χ0) is 12.3. The zero-order valence-electron chi connectivity index (χ0n) is 9.98. The first-order valence-electron chi connectivity index (χ1n) is 6.08. The number of aryl methyl sites for hydroxylation is 1. The largest absolute Gasteiger partial charge is 0.328 e. The molecule has 1 heterocycles. The van der Waals surface area contributed by atoms with Gasteiger partial charge >= 0.3 is 0 Å². The molecule has 1 saturated carbocycles. The van der Waals surface area contributed by atoms with Crippen LogP contribution in [0.3, 0.4) is 0 Å². The molecule has 2 rings (SSSR count). The van der Waals surface area contributed by atoms with Gasteiger partial charge in [0.15, 0.2) is 0 Å². The molecule has 0 radical (unpaired) electrons.